The molecule has 1 aromatic heterocycles. The van der Waals surface area contributed by atoms with Gasteiger partial charge < -0.3 is 19.2 Å². The van der Waals surface area contributed by atoms with Crippen LogP contribution >= 0.6 is 0 Å². The Bertz CT molecular complexity index is 717. The Morgan fingerprint density at radius 3 is 2.77 bits per heavy atom. The maximum atomic E-state index is 10.9. The van der Waals surface area contributed by atoms with E-state index in [1.54, 1.807) is 6.07 Å². The lowest BCUT2D eigenvalue weighted by atomic mass is 10.0. The molecule has 3 rings (SSSR count). The van der Waals surface area contributed by atoms with Crippen LogP contribution in [0.5, 0.6) is 5.75 Å². The fraction of sp³-hybridized carbons (Fsp3) is 0.353. The number of rotatable bonds is 3. The summed E-state index contributed by atoms with van der Waals surface area (Å²) < 4.78 is 11.4. The van der Waals surface area contributed by atoms with Crippen molar-refractivity contribution in [2.75, 3.05) is 11.4 Å². The minimum atomic E-state index is -1.05. The molecule has 0 amide bonds. The van der Waals surface area contributed by atoms with E-state index >= 15 is 0 Å². The molecule has 1 N–H and O–H groups in total. The molecule has 0 unspecified atom stereocenters. The monoisotopic (exact) mass is 301 g/mol. The van der Waals surface area contributed by atoms with Crippen molar-refractivity contribution in [2.24, 2.45) is 0 Å². The zero-order chi connectivity index (χ0) is 15.9. The van der Waals surface area contributed by atoms with E-state index in [0.29, 0.717) is 18.8 Å². The topological polar surface area (TPSA) is 62.9 Å². The van der Waals surface area contributed by atoms with Crippen LogP contribution in [0.1, 0.15) is 35.7 Å². The Morgan fingerprint density at radius 2 is 2.09 bits per heavy atom. The van der Waals surface area contributed by atoms with Gasteiger partial charge in [0.1, 0.15) is 17.1 Å². The lowest BCUT2D eigenvalue weighted by molar-refractivity contribution is 0.0659. The van der Waals surface area contributed by atoms with Crippen molar-refractivity contribution in [2.45, 2.75) is 32.9 Å². The fourth-order valence-corrected chi connectivity index (χ4v) is 2.75. The third-order valence-corrected chi connectivity index (χ3v) is 3.63. The smallest absolute Gasteiger partial charge is 0.371 e. The van der Waals surface area contributed by atoms with Gasteiger partial charge in [-0.3, -0.25) is 0 Å². The van der Waals surface area contributed by atoms with Crippen molar-refractivity contribution >= 4 is 11.7 Å². The first-order valence-electron chi connectivity index (χ1n) is 7.21. The van der Waals surface area contributed by atoms with E-state index < -0.39 is 5.97 Å². The van der Waals surface area contributed by atoms with Crippen molar-refractivity contribution in [1.29, 1.82) is 0 Å². The van der Waals surface area contributed by atoms with Gasteiger partial charge in [-0.15, -0.1) is 0 Å². The van der Waals surface area contributed by atoms with Gasteiger partial charge in [0.05, 0.1) is 18.8 Å². The third-order valence-electron chi connectivity index (χ3n) is 3.63. The quantitative estimate of drug-likeness (QED) is 0.940. The molecule has 2 aromatic rings. The SMILES string of the molecule is Cc1ccc2c(c1)OC(C)(C)CN2Cc1ccc(C(=O)O)o1. The highest BCUT2D eigenvalue weighted by molar-refractivity contribution is 5.84. The van der Waals surface area contributed by atoms with E-state index in [1.165, 1.54) is 6.07 Å². The summed E-state index contributed by atoms with van der Waals surface area (Å²) in [4.78, 5) is 13.1. The van der Waals surface area contributed by atoms with Crippen LogP contribution in [0.3, 0.4) is 0 Å². The highest BCUT2D eigenvalue weighted by atomic mass is 16.5. The molecule has 0 saturated carbocycles. The summed E-state index contributed by atoms with van der Waals surface area (Å²) in [5.74, 6) is 0.388. The lowest BCUT2D eigenvalue weighted by Gasteiger charge is -2.40. The highest BCUT2D eigenvalue weighted by Crippen LogP contribution is 2.38. The number of fused-ring (bicyclic) bond motifs is 1. The normalized spacial score (nSPS) is 16.0. The number of carbonyl (C=O) groups is 1. The van der Waals surface area contributed by atoms with Gasteiger partial charge >= 0.3 is 5.97 Å². The minimum absolute atomic E-state index is 0.0355. The number of benzene rings is 1. The first-order valence-corrected chi connectivity index (χ1v) is 7.21. The summed E-state index contributed by atoms with van der Waals surface area (Å²) in [6.45, 7) is 7.32. The molecular formula is C17H19NO4. The number of aromatic carboxylic acids is 1. The van der Waals surface area contributed by atoms with Crippen LogP contribution in [0.2, 0.25) is 0 Å². The van der Waals surface area contributed by atoms with Crippen LogP contribution in [-0.2, 0) is 6.54 Å². The van der Waals surface area contributed by atoms with Gasteiger partial charge in [0.25, 0.3) is 0 Å². The summed E-state index contributed by atoms with van der Waals surface area (Å²) in [6.07, 6.45) is 0. The van der Waals surface area contributed by atoms with Crippen LogP contribution in [0.15, 0.2) is 34.7 Å². The standard InChI is InChI=1S/C17H19NO4/c1-11-4-6-13-15(8-11)22-17(2,3)10-18(13)9-12-5-7-14(21-12)16(19)20/h4-8H,9-10H2,1-3H3,(H,19,20). The van der Waals surface area contributed by atoms with Crippen molar-refractivity contribution in [3.05, 3.63) is 47.4 Å². The number of furan rings is 1. The zero-order valence-corrected chi connectivity index (χ0v) is 12.9. The van der Waals surface area contributed by atoms with E-state index in [0.717, 1.165) is 17.0 Å². The number of carboxylic acid groups (broad SMARTS) is 1. The van der Waals surface area contributed by atoms with E-state index in [1.807, 2.05) is 39.0 Å². The summed E-state index contributed by atoms with van der Waals surface area (Å²) in [7, 11) is 0. The molecule has 0 aliphatic carbocycles. The van der Waals surface area contributed by atoms with Crippen LogP contribution in [0, 0.1) is 6.92 Å². The molecule has 1 aromatic carbocycles. The van der Waals surface area contributed by atoms with Crippen molar-refractivity contribution in [3.8, 4) is 5.75 Å². The second kappa shape index (κ2) is 5.09. The molecule has 22 heavy (non-hydrogen) atoms. The van der Waals surface area contributed by atoms with Gasteiger partial charge in [0, 0.05) is 0 Å². The predicted octanol–water partition coefficient (Wildman–Crippen LogP) is 3.46. The van der Waals surface area contributed by atoms with Crippen LogP contribution in [0.4, 0.5) is 5.69 Å². The second-order valence-corrected chi connectivity index (χ2v) is 6.26. The Balaban J connectivity index is 1.91. The summed E-state index contributed by atoms with van der Waals surface area (Å²) in [5, 5.41) is 8.95. The van der Waals surface area contributed by atoms with Gasteiger partial charge in [-0.2, -0.15) is 0 Å². The number of nitrogens with zero attached hydrogens (tertiary/aromatic N) is 1. The van der Waals surface area contributed by atoms with Gasteiger partial charge in [-0.25, -0.2) is 4.79 Å². The lowest BCUT2D eigenvalue weighted by Crippen LogP contribution is -2.46. The van der Waals surface area contributed by atoms with Gasteiger partial charge in [0.15, 0.2) is 0 Å². The van der Waals surface area contributed by atoms with Gasteiger partial charge in [0.2, 0.25) is 5.76 Å². The number of hydrogen-bond acceptors (Lipinski definition) is 4. The third kappa shape index (κ3) is 2.79. The van der Waals surface area contributed by atoms with Crippen LogP contribution in [0.25, 0.3) is 0 Å². The van der Waals surface area contributed by atoms with Gasteiger partial charge in [-0.05, 0) is 50.6 Å². The number of aryl methyl sites for hydroxylation is 1. The van der Waals surface area contributed by atoms with Crippen LogP contribution < -0.4 is 9.64 Å². The maximum Gasteiger partial charge on any atom is 0.371 e. The fourth-order valence-electron chi connectivity index (χ4n) is 2.75. The molecule has 5 heteroatoms. The number of carboxylic acids is 1. The molecule has 0 spiro atoms. The molecular weight excluding hydrogens is 282 g/mol. The summed E-state index contributed by atoms with van der Waals surface area (Å²) in [5.41, 5.74) is 1.82. The Hall–Kier alpha value is -2.43. The summed E-state index contributed by atoms with van der Waals surface area (Å²) in [6, 6.07) is 9.28. The molecule has 0 saturated heterocycles. The molecule has 5 nitrogen and oxygen atoms in total. The molecule has 0 bridgehead atoms. The van der Waals surface area contributed by atoms with E-state index in [4.69, 9.17) is 14.3 Å². The largest absolute Gasteiger partial charge is 0.484 e. The average Bonchev–Trinajstić information content (AvgIpc) is 2.85. The zero-order valence-electron chi connectivity index (χ0n) is 12.9. The molecule has 2 heterocycles. The Labute approximate surface area is 129 Å². The molecule has 1 aliphatic heterocycles. The molecule has 0 atom stereocenters. The highest BCUT2D eigenvalue weighted by Gasteiger charge is 2.32. The van der Waals surface area contributed by atoms with Crippen molar-refractivity contribution in [1.82, 2.24) is 0 Å². The van der Waals surface area contributed by atoms with E-state index in [2.05, 4.69) is 4.90 Å². The first-order chi connectivity index (χ1) is 10.3. The van der Waals surface area contributed by atoms with Crippen LogP contribution in [-0.4, -0.2) is 23.2 Å². The van der Waals surface area contributed by atoms with Gasteiger partial charge in [-0.1, -0.05) is 6.07 Å². The molecule has 1 aliphatic rings. The number of hydrogen-bond donors (Lipinski definition) is 1. The minimum Gasteiger partial charge on any atom is -0.484 e. The summed E-state index contributed by atoms with van der Waals surface area (Å²) >= 11 is 0. The average molecular weight is 301 g/mol. The first kappa shape index (κ1) is 14.5. The molecule has 116 valence electrons. The Kier molecular flexibility index (Phi) is 3.35. The second-order valence-electron chi connectivity index (χ2n) is 6.26. The molecule has 0 radical (unpaired) electrons. The maximum absolute atomic E-state index is 10.9. The molecule has 0 fully saturated rings. The predicted molar refractivity (Wildman–Crippen MR) is 82.6 cm³/mol. The number of anilines is 1. The van der Waals surface area contributed by atoms with Crippen molar-refractivity contribution < 1.29 is 19.1 Å². The Morgan fingerprint density at radius 1 is 1.32 bits per heavy atom. The van der Waals surface area contributed by atoms with Crippen molar-refractivity contribution in [3.63, 3.8) is 0 Å². The van der Waals surface area contributed by atoms with E-state index in [-0.39, 0.29) is 11.4 Å². The number of ether oxygens (including phenoxy) is 1. The van der Waals surface area contributed by atoms with E-state index in [9.17, 15) is 4.79 Å².